The van der Waals surface area contributed by atoms with Gasteiger partial charge in [0.05, 0.1) is 13.2 Å². The number of hydrogen-bond donors (Lipinski definition) is 1. The number of benzene rings is 2. The number of imidazole rings is 1. The van der Waals surface area contributed by atoms with Crippen molar-refractivity contribution in [3.05, 3.63) is 89.5 Å². The molecule has 0 aliphatic carbocycles. The quantitative estimate of drug-likeness (QED) is 0.722. The van der Waals surface area contributed by atoms with Gasteiger partial charge in [-0.3, -0.25) is 4.79 Å². The molecule has 1 heterocycles. The maximum Gasteiger partial charge on any atom is 0.287 e. The first-order valence-corrected chi connectivity index (χ1v) is 8.17. The third kappa shape index (κ3) is 4.78. The molecular formula is C20H21N3O2. The first-order chi connectivity index (χ1) is 12.2. The number of nitrogens with zero attached hydrogens (tertiary/aromatic N) is 2. The van der Waals surface area contributed by atoms with E-state index in [2.05, 4.69) is 10.3 Å². The molecule has 0 aliphatic rings. The number of rotatable bonds is 7. The highest BCUT2D eigenvalue weighted by Gasteiger charge is 2.10. The molecule has 1 aromatic heterocycles. The predicted octanol–water partition coefficient (Wildman–Crippen LogP) is 3.07. The molecule has 0 bridgehead atoms. The lowest BCUT2D eigenvalue weighted by molar-refractivity contribution is 0.0937. The van der Waals surface area contributed by atoms with Gasteiger partial charge in [0.15, 0.2) is 5.82 Å². The molecule has 25 heavy (non-hydrogen) atoms. The Morgan fingerprint density at radius 2 is 1.76 bits per heavy atom. The molecule has 3 aromatic rings. The van der Waals surface area contributed by atoms with Crippen molar-refractivity contribution < 1.29 is 9.53 Å². The Morgan fingerprint density at radius 3 is 2.52 bits per heavy atom. The van der Waals surface area contributed by atoms with E-state index in [9.17, 15) is 4.79 Å². The maximum absolute atomic E-state index is 12.1. The van der Waals surface area contributed by atoms with Gasteiger partial charge in [-0.2, -0.15) is 0 Å². The molecule has 0 fully saturated rings. The fraction of sp³-hybridized carbons (Fsp3) is 0.200. The Bertz CT molecular complexity index is 828. The van der Waals surface area contributed by atoms with Crippen molar-refractivity contribution in [3.63, 3.8) is 0 Å². The van der Waals surface area contributed by atoms with Crippen LogP contribution in [0.15, 0.2) is 67.0 Å². The molecule has 0 atom stereocenters. The smallest absolute Gasteiger partial charge is 0.287 e. The SMILES string of the molecule is Cn1ccnc1C(=O)NCc1cccc(COCc2ccccc2)c1. The predicted molar refractivity (Wildman–Crippen MR) is 95.8 cm³/mol. The lowest BCUT2D eigenvalue weighted by Gasteiger charge is -2.08. The zero-order valence-electron chi connectivity index (χ0n) is 14.2. The molecule has 0 spiro atoms. The average Bonchev–Trinajstić information content (AvgIpc) is 3.07. The summed E-state index contributed by atoms with van der Waals surface area (Å²) in [6.45, 7) is 1.58. The summed E-state index contributed by atoms with van der Waals surface area (Å²) < 4.78 is 7.46. The summed E-state index contributed by atoms with van der Waals surface area (Å²) in [5, 5.41) is 2.89. The molecule has 1 N–H and O–H groups in total. The van der Waals surface area contributed by atoms with E-state index in [4.69, 9.17) is 4.74 Å². The van der Waals surface area contributed by atoms with Crippen LogP contribution in [0.2, 0.25) is 0 Å². The topological polar surface area (TPSA) is 56.2 Å². The monoisotopic (exact) mass is 335 g/mol. The normalized spacial score (nSPS) is 10.6. The van der Waals surface area contributed by atoms with Crippen LogP contribution in [0.4, 0.5) is 0 Å². The number of nitrogens with one attached hydrogen (secondary N) is 1. The van der Waals surface area contributed by atoms with E-state index in [1.54, 1.807) is 24.0 Å². The van der Waals surface area contributed by atoms with Crippen LogP contribution in [0.25, 0.3) is 0 Å². The summed E-state index contributed by atoms with van der Waals surface area (Å²) in [5.41, 5.74) is 3.27. The summed E-state index contributed by atoms with van der Waals surface area (Å²) in [7, 11) is 1.80. The van der Waals surface area contributed by atoms with Gasteiger partial charge in [0.25, 0.3) is 5.91 Å². The second kappa shape index (κ2) is 8.26. The van der Waals surface area contributed by atoms with E-state index < -0.39 is 0 Å². The Balaban J connectivity index is 1.51. The van der Waals surface area contributed by atoms with Crippen molar-refractivity contribution in [1.82, 2.24) is 14.9 Å². The van der Waals surface area contributed by atoms with E-state index in [1.807, 2.05) is 54.6 Å². The second-order valence-electron chi connectivity index (χ2n) is 5.84. The van der Waals surface area contributed by atoms with Crippen molar-refractivity contribution in [2.24, 2.45) is 7.05 Å². The van der Waals surface area contributed by atoms with Crippen LogP contribution in [-0.4, -0.2) is 15.5 Å². The fourth-order valence-electron chi connectivity index (χ4n) is 2.54. The number of ether oxygens (including phenoxy) is 1. The minimum absolute atomic E-state index is 0.182. The highest BCUT2D eigenvalue weighted by molar-refractivity contribution is 5.90. The number of carbonyl (C=O) groups is 1. The van der Waals surface area contributed by atoms with Gasteiger partial charge in [0.1, 0.15) is 0 Å². The number of aromatic nitrogens is 2. The van der Waals surface area contributed by atoms with Crippen molar-refractivity contribution in [3.8, 4) is 0 Å². The zero-order chi connectivity index (χ0) is 17.5. The van der Waals surface area contributed by atoms with E-state index in [0.717, 1.165) is 16.7 Å². The summed E-state index contributed by atoms with van der Waals surface area (Å²) >= 11 is 0. The lowest BCUT2D eigenvalue weighted by Crippen LogP contribution is -2.25. The van der Waals surface area contributed by atoms with E-state index in [1.165, 1.54) is 0 Å². The standard InChI is InChI=1S/C20H21N3O2/c1-23-11-10-21-19(23)20(24)22-13-17-8-5-9-18(12-17)15-25-14-16-6-3-2-4-7-16/h2-12H,13-15H2,1H3,(H,22,24). The molecule has 5 heteroatoms. The van der Waals surface area contributed by atoms with Crippen molar-refractivity contribution in [2.75, 3.05) is 0 Å². The summed E-state index contributed by atoms with van der Waals surface area (Å²) in [5.74, 6) is 0.223. The van der Waals surface area contributed by atoms with E-state index in [-0.39, 0.29) is 5.91 Å². The molecule has 0 aliphatic heterocycles. The zero-order valence-corrected chi connectivity index (χ0v) is 14.2. The molecular weight excluding hydrogens is 314 g/mol. The van der Waals surface area contributed by atoms with Crippen LogP contribution in [0, 0.1) is 0 Å². The van der Waals surface area contributed by atoms with Crippen LogP contribution in [0.1, 0.15) is 27.3 Å². The molecule has 3 rings (SSSR count). The van der Waals surface area contributed by atoms with E-state index >= 15 is 0 Å². The Kier molecular flexibility index (Phi) is 5.59. The second-order valence-corrected chi connectivity index (χ2v) is 5.84. The highest BCUT2D eigenvalue weighted by Crippen LogP contribution is 2.09. The van der Waals surface area contributed by atoms with Crippen molar-refractivity contribution in [2.45, 2.75) is 19.8 Å². The molecule has 128 valence electrons. The highest BCUT2D eigenvalue weighted by atomic mass is 16.5. The molecule has 0 radical (unpaired) electrons. The minimum atomic E-state index is -0.182. The van der Waals surface area contributed by atoms with Crippen LogP contribution >= 0.6 is 0 Å². The minimum Gasteiger partial charge on any atom is -0.372 e. The third-order valence-corrected chi connectivity index (χ3v) is 3.85. The van der Waals surface area contributed by atoms with Crippen molar-refractivity contribution in [1.29, 1.82) is 0 Å². The van der Waals surface area contributed by atoms with Gasteiger partial charge in [0, 0.05) is 26.0 Å². The van der Waals surface area contributed by atoms with Gasteiger partial charge < -0.3 is 14.6 Å². The fourth-order valence-corrected chi connectivity index (χ4v) is 2.54. The van der Waals surface area contributed by atoms with Crippen molar-refractivity contribution >= 4 is 5.91 Å². The van der Waals surface area contributed by atoms with Crippen LogP contribution < -0.4 is 5.32 Å². The van der Waals surface area contributed by atoms with Crippen LogP contribution in [-0.2, 0) is 31.5 Å². The summed E-state index contributed by atoms with van der Waals surface area (Å²) in [4.78, 5) is 16.1. The summed E-state index contributed by atoms with van der Waals surface area (Å²) in [6.07, 6.45) is 3.36. The average molecular weight is 335 g/mol. The van der Waals surface area contributed by atoms with Crippen LogP contribution in [0.3, 0.4) is 0 Å². The number of amides is 1. The molecule has 0 unspecified atom stereocenters. The molecule has 2 aromatic carbocycles. The Labute approximate surface area is 147 Å². The largest absolute Gasteiger partial charge is 0.372 e. The number of carbonyl (C=O) groups excluding carboxylic acids is 1. The summed E-state index contributed by atoms with van der Waals surface area (Å²) in [6, 6.07) is 18.1. The number of aryl methyl sites for hydroxylation is 1. The molecule has 0 saturated carbocycles. The molecule has 1 amide bonds. The van der Waals surface area contributed by atoms with Gasteiger partial charge in [-0.1, -0.05) is 54.6 Å². The maximum atomic E-state index is 12.1. The van der Waals surface area contributed by atoms with Gasteiger partial charge in [-0.25, -0.2) is 4.98 Å². The lowest BCUT2D eigenvalue weighted by atomic mass is 10.1. The van der Waals surface area contributed by atoms with Gasteiger partial charge >= 0.3 is 0 Å². The van der Waals surface area contributed by atoms with Crippen LogP contribution in [0.5, 0.6) is 0 Å². The first-order valence-electron chi connectivity index (χ1n) is 8.17. The molecule has 5 nitrogen and oxygen atoms in total. The number of hydrogen-bond acceptors (Lipinski definition) is 3. The van der Waals surface area contributed by atoms with Gasteiger partial charge in [0.2, 0.25) is 0 Å². The Hall–Kier alpha value is -2.92. The third-order valence-electron chi connectivity index (χ3n) is 3.85. The molecule has 0 saturated heterocycles. The van der Waals surface area contributed by atoms with Gasteiger partial charge in [-0.15, -0.1) is 0 Å². The Morgan fingerprint density at radius 1 is 1.04 bits per heavy atom. The first kappa shape index (κ1) is 16.9. The van der Waals surface area contributed by atoms with E-state index in [0.29, 0.717) is 25.6 Å². The van der Waals surface area contributed by atoms with Gasteiger partial charge in [-0.05, 0) is 16.7 Å².